The molecule has 4 rings (SSSR count). The van der Waals surface area contributed by atoms with Gasteiger partial charge in [-0.15, -0.1) is 21.5 Å². The van der Waals surface area contributed by atoms with E-state index < -0.39 is 0 Å². The standard InChI is InChI=1S/C20H16FN3S2/c1-12-5-3-4-6-15(12)11-25-20-18-19(26-13(2)22-18)17(23-24-20)14-7-9-16(21)10-8-14/h3-10H,11H2,1-2H3. The quantitative estimate of drug-likeness (QED) is 0.419. The van der Waals surface area contributed by atoms with Crippen LogP contribution < -0.4 is 0 Å². The molecule has 0 radical (unpaired) electrons. The van der Waals surface area contributed by atoms with Crippen molar-refractivity contribution in [3.8, 4) is 11.3 Å². The second-order valence-corrected chi connectivity index (χ2v) is 8.15. The molecule has 0 saturated carbocycles. The van der Waals surface area contributed by atoms with Crippen LogP contribution in [-0.4, -0.2) is 15.2 Å². The van der Waals surface area contributed by atoms with Crippen molar-refractivity contribution in [3.63, 3.8) is 0 Å². The van der Waals surface area contributed by atoms with Crippen molar-refractivity contribution < 1.29 is 4.39 Å². The summed E-state index contributed by atoms with van der Waals surface area (Å²) in [7, 11) is 0. The lowest BCUT2D eigenvalue weighted by Gasteiger charge is -2.07. The van der Waals surface area contributed by atoms with Gasteiger partial charge in [-0.3, -0.25) is 0 Å². The Morgan fingerprint density at radius 3 is 2.54 bits per heavy atom. The first-order valence-corrected chi connectivity index (χ1v) is 9.99. The smallest absolute Gasteiger partial charge is 0.146 e. The molecular weight excluding hydrogens is 365 g/mol. The molecule has 0 bridgehead atoms. The Balaban J connectivity index is 1.72. The molecule has 4 aromatic rings. The minimum Gasteiger partial charge on any atom is -0.238 e. The highest BCUT2D eigenvalue weighted by atomic mass is 32.2. The van der Waals surface area contributed by atoms with Crippen molar-refractivity contribution in [2.24, 2.45) is 0 Å². The van der Waals surface area contributed by atoms with Crippen LogP contribution in [0, 0.1) is 19.7 Å². The molecule has 0 spiro atoms. The van der Waals surface area contributed by atoms with Crippen molar-refractivity contribution in [2.45, 2.75) is 24.6 Å². The molecule has 0 amide bonds. The van der Waals surface area contributed by atoms with Crippen LogP contribution in [0.25, 0.3) is 21.5 Å². The third kappa shape index (κ3) is 3.34. The highest BCUT2D eigenvalue weighted by molar-refractivity contribution is 7.98. The normalized spacial score (nSPS) is 11.2. The van der Waals surface area contributed by atoms with Crippen molar-refractivity contribution in [2.75, 3.05) is 0 Å². The molecule has 3 nitrogen and oxygen atoms in total. The molecule has 0 unspecified atom stereocenters. The molecule has 130 valence electrons. The average molecular weight is 382 g/mol. The molecule has 2 aromatic carbocycles. The van der Waals surface area contributed by atoms with Gasteiger partial charge < -0.3 is 0 Å². The third-order valence-electron chi connectivity index (χ3n) is 4.14. The molecule has 0 atom stereocenters. The third-order valence-corrected chi connectivity index (χ3v) is 6.12. The highest BCUT2D eigenvalue weighted by Crippen LogP contribution is 2.36. The number of hydrogen-bond donors (Lipinski definition) is 0. The zero-order valence-electron chi connectivity index (χ0n) is 14.4. The Hall–Kier alpha value is -2.31. The van der Waals surface area contributed by atoms with Crippen molar-refractivity contribution in [1.82, 2.24) is 15.2 Å². The highest BCUT2D eigenvalue weighted by Gasteiger charge is 2.16. The summed E-state index contributed by atoms with van der Waals surface area (Å²) in [5, 5.41) is 10.7. The molecule has 0 aliphatic heterocycles. The Morgan fingerprint density at radius 1 is 1.00 bits per heavy atom. The predicted octanol–water partition coefficient (Wildman–Crippen LogP) is 5.80. The summed E-state index contributed by atoms with van der Waals surface area (Å²) in [5.74, 6) is 0.562. The first-order chi connectivity index (χ1) is 12.6. The maximum Gasteiger partial charge on any atom is 0.146 e. The van der Waals surface area contributed by atoms with Gasteiger partial charge in [0, 0.05) is 11.3 Å². The summed E-state index contributed by atoms with van der Waals surface area (Å²) < 4.78 is 14.2. The summed E-state index contributed by atoms with van der Waals surface area (Å²) in [6.07, 6.45) is 0. The van der Waals surface area contributed by atoms with E-state index in [1.54, 1.807) is 35.2 Å². The zero-order valence-corrected chi connectivity index (χ0v) is 16.0. The van der Waals surface area contributed by atoms with Gasteiger partial charge in [-0.05, 0) is 49.2 Å². The van der Waals surface area contributed by atoms with Gasteiger partial charge >= 0.3 is 0 Å². The molecular formula is C20H16FN3S2. The molecule has 0 aliphatic rings. The number of thioether (sulfide) groups is 1. The Kier molecular flexibility index (Phi) is 4.70. The van der Waals surface area contributed by atoms with Gasteiger partial charge in [0.15, 0.2) is 0 Å². The van der Waals surface area contributed by atoms with E-state index in [1.807, 2.05) is 13.0 Å². The number of rotatable bonds is 4. The number of hydrogen-bond acceptors (Lipinski definition) is 5. The molecule has 26 heavy (non-hydrogen) atoms. The van der Waals surface area contributed by atoms with Gasteiger partial charge in [-0.1, -0.05) is 36.0 Å². The molecule has 2 aromatic heterocycles. The molecule has 0 saturated heterocycles. The summed E-state index contributed by atoms with van der Waals surface area (Å²) in [4.78, 5) is 4.67. The van der Waals surface area contributed by atoms with Crippen LogP contribution in [0.1, 0.15) is 16.1 Å². The van der Waals surface area contributed by atoms with E-state index in [2.05, 4.69) is 40.3 Å². The van der Waals surface area contributed by atoms with Crippen LogP contribution in [0.3, 0.4) is 0 Å². The number of thiazole rings is 1. The predicted molar refractivity (Wildman–Crippen MR) is 106 cm³/mol. The van der Waals surface area contributed by atoms with Gasteiger partial charge in [0.1, 0.15) is 22.1 Å². The number of benzene rings is 2. The molecule has 0 N–H and O–H groups in total. The van der Waals surface area contributed by atoms with Crippen molar-refractivity contribution >= 4 is 33.3 Å². The molecule has 6 heteroatoms. The van der Waals surface area contributed by atoms with E-state index in [1.165, 1.54) is 23.3 Å². The monoisotopic (exact) mass is 381 g/mol. The fourth-order valence-corrected chi connectivity index (χ4v) is 4.72. The Morgan fingerprint density at radius 2 is 1.77 bits per heavy atom. The van der Waals surface area contributed by atoms with E-state index in [9.17, 15) is 4.39 Å². The number of aryl methyl sites for hydroxylation is 2. The zero-order chi connectivity index (χ0) is 18.1. The minimum absolute atomic E-state index is 0.260. The lowest BCUT2D eigenvalue weighted by atomic mass is 10.1. The average Bonchev–Trinajstić information content (AvgIpc) is 3.03. The second kappa shape index (κ2) is 7.13. The summed E-state index contributed by atoms with van der Waals surface area (Å²) in [6, 6.07) is 14.7. The van der Waals surface area contributed by atoms with E-state index in [0.29, 0.717) is 0 Å². The molecule has 2 heterocycles. The molecule has 0 fully saturated rings. The topological polar surface area (TPSA) is 38.7 Å². The van der Waals surface area contributed by atoms with Gasteiger partial charge in [0.25, 0.3) is 0 Å². The number of aromatic nitrogens is 3. The lowest BCUT2D eigenvalue weighted by molar-refractivity contribution is 0.628. The minimum atomic E-state index is -0.260. The van der Waals surface area contributed by atoms with E-state index >= 15 is 0 Å². The van der Waals surface area contributed by atoms with Crippen molar-refractivity contribution in [3.05, 3.63) is 70.5 Å². The van der Waals surface area contributed by atoms with Gasteiger partial charge in [0.2, 0.25) is 0 Å². The summed E-state index contributed by atoms with van der Waals surface area (Å²) in [5.41, 5.74) is 5.03. The van der Waals surface area contributed by atoms with Crippen LogP contribution >= 0.6 is 23.1 Å². The van der Waals surface area contributed by atoms with E-state index in [-0.39, 0.29) is 5.82 Å². The number of halogens is 1. The van der Waals surface area contributed by atoms with E-state index in [0.717, 1.165) is 37.3 Å². The van der Waals surface area contributed by atoms with Crippen LogP contribution in [-0.2, 0) is 5.75 Å². The lowest BCUT2D eigenvalue weighted by Crippen LogP contribution is -1.93. The van der Waals surface area contributed by atoms with Crippen LogP contribution in [0.2, 0.25) is 0 Å². The fraction of sp³-hybridized carbons (Fsp3) is 0.150. The maximum absolute atomic E-state index is 13.2. The SMILES string of the molecule is Cc1nc2c(SCc3ccccc3C)nnc(-c3ccc(F)cc3)c2s1. The fourth-order valence-electron chi connectivity index (χ4n) is 2.73. The van der Waals surface area contributed by atoms with E-state index in [4.69, 9.17) is 0 Å². The largest absolute Gasteiger partial charge is 0.238 e. The number of nitrogens with zero attached hydrogens (tertiary/aromatic N) is 3. The first kappa shape index (κ1) is 17.1. The second-order valence-electron chi connectivity index (χ2n) is 5.99. The first-order valence-electron chi connectivity index (χ1n) is 8.19. The van der Waals surface area contributed by atoms with Crippen LogP contribution in [0.15, 0.2) is 53.6 Å². The van der Waals surface area contributed by atoms with Crippen LogP contribution in [0.4, 0.5) is 4.39 Å². The Labute approximate surface area is 159 Å². The van der Waals surface area contributed by atoms with Gasteiger partial charge in [-0.2, -0.15) is 0 Å². The maximum atomic E-state index is 13.2. The molecule has 0 aliphatic carbocycles. The van der Waals surface area contributed by atoms with Crippen molar-refractivity contribution in [1.29, 1.82) is 0 Å². The number of fused-ring (bicyclic) bond motifs is 1. The summed E-state index contributed by atoms with van der Waals surface area (Å²) >= 11 is 3.24. The van der Waals surface area contributed by atoms with Crippen LogP contribution in [0.5, 0.6) is 0 Å². The summed E-state index contributed by atoms with van der Waals surface area (Å²) in [6.45, 7) is 4.09. The Bertz CT molecular complexity index is 1070. The van der Waals surface area contributed by atoms with Gasteiger partial charge in [0.05, 0.1) is 9.71 Å². The van der Waals surface area contributed by atoms with Gasteiger partial charge in [-0.25, -0.2) is 9.37 Å².